The molecular formula is C25H16BrCl2FN2O. The largest absolute Gasteiger partial charge is 0.459 e. The summed E-state index contributed by atoms with van der Waals surface area (Å²) in [6.45, 7) is 0. The van der Waals surface area contributed by atoms with Crippen LogP contribution in [0.3, 0.4) is 0 Å². The van der Waals surface area contributed by atoms with Crippen LogP contribution >= 0.6 is 39.1 Å². The van der Waals surface area contributed by atoms with Crippen molar-refractivity contribution >= 4 is 50.5 Å². The van der Waals surface area contributed by atoms with Crippen LogP contribution in [0.2, 0.25) is 10.0 Å². The first kappa shape index (κ1) is 21.3. The van der Waals surface area contributed by atoms with Crippen LogP contribution in [0.15, 0.2) is 92.9 Å². The molecule has 1 aliphatic rings. The molecule has 1 atom stereocenters. The van der Waals surface area contributed by atoms with Gasteiger partial charge in [0, 0.05) is 22.0 Å². The van der Waals surface area contributed by atoms with Gasteiger partial charge in [-0.05, 0) is 48.5 Å². The lowest BCUT2D eigenvalue weighted by molar-refractivity contribution is 0.475. The summed E-state index contributed by atoms with van der Waals surface area (Å²) in [6, 6.07) is 24.2. The maximum Gasteiger partial charge on any atom is 0.142 e. The molecule has 0 amide bonds. The number of benzene rings is 3. The predicted molar refractivity (Wildman–Crippen MR) is 131 cm³/mol. The molecule has 0 saturated carbocycles. The van der Waals surface area contributed by atoms with Crippen molar-refractivity contribution in [3.05, 3.63) is 111 Å². The zero-order valence-electron chi connectivity index (χ0n) is 16.6. The van der Waals surface area contributed by atoms with Crippen LogP contribution in [0, 0.1) is 5.82 Å². The molecule has 0 N–H and O–H groups in total. The van der Waals surface area contributed by atoms with Crippen LogP contribution in [-0.4, -0.2) is 5.71 Å². The van der Waals surface area contributed by atoms with Crippen LogP contribution in [-0.2, 0) is 0 Å². The number of hydrogen-bond donors (Lipinski definition) is 0. The lowest BCUT2D eigenvalue weighted by Crippen LogP contribution is -2.17. The van der Waals surface area contributed by atoms with Gasteiger partial charge >= 0.3 is 0 Å². The molecule has 32 heavy (non-hydrogen) atoms. The van der Waals surface area contributed by atoms with Gasteiger partial charge in [0.25, 0.3) is 0 Å². The Kier molecular flexibility index (Phi) is 5.80. The third-order valence-electron chi connectivity index (χ3n) is 5.34. The molecule has 4 aromatic rings. The van der Waals surface area contributed by atoms with Gasteiger partial charge in [-0.1, -0.05) is 69.5 Å². The van der Waals surface area contributed by atoms with Gasteiger partial charge in [-0.25, -0.2) is 4.39 Å². The van der Waals surface area contributed by atoms with Gasteiger partial charge in [-0.15, -0.1) is 0 Å². The van der Waals surface area contributed by atoms with E-state index < -0.39 is 5.82 Å². The summed E-state index contributed by atoms with van der Waals surface area (Å²) >= 11 is 15.7. The Bertz CT molecular complexity index is 1310. The minimum atomic E-state index is -0.529. The normalized spacial score (nSPS) is 15.8. The predicted octanol–water partition coefficient (Wildman–Crippen LogP) is 8.51. The Morgan fingerprint density at radius 1 is 0.938 bits per heavy atom. The SMILES string of the molecule is Fc1cc(C2=NN(c3ccccc3)C(c3ccc(-c4ccc(Br)cc4)o3)C2)c(Cl)cc1Cl. The fourth-order valence-corrected chi connectivity index (χ4v) is 4.52. The Hall–Kier alpha value is -2.60. The number of anilines is 1. The molecule has 1 aromatic heterocycles. The molecule has 2 heterocycles. The molecule has 3 aromatic carbocycles. The molecule has 5 rings (SSSR count). The molecule has 0 bridgehead atoms. The van der Waals surface area contributed by atoms with E-state index in [1.807, 2.05) is 71.7 Å². The van der Waals surface area contributed by atoms with Crippen LogP contribution < -0.4 is 5.01 Å². The molecule has 1 aliphatic heterocycles. The van der Waals surface area contributed by atoms with Crippen molar-refractivity contribution in [3.63, 3.8) is 0 Å². The number of rotatable bonds is 4. The van der Waals surface area contributed by atoms with Crippen LogP contribution in [0.1, 0.15) is 23.8 Å². The van der Waals surface area contributed by atoms with Crippen molar-refractivity contribution in [2.45, 2.75) is 12.5 Å². The lowest BCUT2D eigenvalue weighted by atomic mass is 10.0. The number of nitrogens with zero attached hydrogens (tertiary/aromatic N) is 2. The summed E-state index contributed by atoms with van der Waals surface area (Å²) in [5, 5.41) is 7.04. The summed E-state index contributed by atoms with van der Waals surface area (Å²) in [7, 11) is 0. The highest BCUT2D eigenvalue weighted by atomic mass is 79.9. The standard InChI is InChI=1S/C25H16BrCl2FN2O/c26-16-8-6-15(7-9-16)24-10-11-25(32-24)23-14-22(18-12-21(29)20(28)13-19(18)27)30-31(23)17-4-2-1-3-5-17/h1-13,23H,14H2. The molecular weight excluding hydrogens is 514 g/mol. The molecule has 1 unspecified atom stereocenters. The van der Waals surface area contributed by atoms with Gasteiger partial charge in [0.1, 0.15) is 23.4 Å². The van der Waals surface area contributed by atoms with E-state index in [4.69, 9.17) is 32.7 Å². The van der Waals surface area contributed by atoms with E-state index in [0.717, 1.165) is 27.2 Å². The number of para-hydroxylation sites is 1. The molecule has 0 radical (unpaired) electrons. The van der Waals surface area contributed by atoms with Gasteiger partial charge in [-0.3, -0.25) is 5.01 Å². The minimum Gasteiger partial charge on any atom is -0.459 e. The topological polar surface area (TPSA) is 28.7 Å². The summed E-state index contributed by atoms with van der Waals surface area (Å²) in [5.41, 5.74) is 3.07. The Morgan fingerprint density at radius 3 is 2.44 bits per heavy atom. The maximum atomic E-state index is 14.2. The van der Waals surface area contributed by atoms with Crippen molar-refractivity contribution in [3.8, 4) is 11.3 Å². The third-order valence-corrected chi connectivity index (χ3v) is 6.47. The summed E-state index contributed by atoms with van der Waals surface area (Å²) in [5.74, 6) is 1.000. The zero-order chi connectivity index (χ0) is 22.2. The summed E-state index contributed by atoms with van der Waals surface area (Å²) in [4.78, 5) is 0. The Morgan fingerprint density at radius 2 is 1.69 bits per heavy atom. The first-order valence-electron chi connectivity index (χ1n) is 9.92. The second-order valence-electron chi connectivity index (χ2n) is 7.40. The monoisotopic (exact) mass is 528 g/mol. The Labute approximate surface area is 203 Å². The maximum absolute atomic E-state index is 14.2. The highest BCUT2D eigenvalue weighted by Gasteiger charge is 2.33. The number of hydrogen-bond acceptors (Lipinski definition) is 3. The van der Waals surface area contributed by atoms with Crippen LogP contribution in [0.5, 0.6) is 0 Å². The molecule has 0 aliphatic carbocycles. The molecule has 0 fully saturated rings. The van der Waals surface area contributed by atoms with E-state index in [2.05, 4.69) is 15.9 Å². The highest BCUT2D eigenvalue weighted by molar-refractivity contribution is 9.10. The van der Waals surface area contributed by atoms with Gasteiger partial charge in [0.15, 0.2) is 0 Å². The average molecular weight is 530 g/mol. The van der Waals surface area contributed by atoms with Crippen molar-refractivity contribution in [2.75, 3.05) is 5.01 Å². The van der Waals surface area contributed by atoms with Crippen molar-refractivity contribution < 1.29 is 8.81 Å². The average Bonchev–Trinajstić information content (AvgIpc) is 3.45. The van der Waals surface area contributed by atoms with E-state index in [-0.39, 0.29) is 11.1 Å². The fourth-order valence-electron chi connectivity index (χ4n) is 3.76. The highest BCUT2D eigenvalue weighted by Crippen LogP contribution is 2.40. The molecule has 160 valence electrons. The van der Waals surface area contributed by atoms with E-state index >= 15 is 0 Å². The smallest absolute Gasteiger partial charge is 0.142 e. The molecule has 3 nitrogen and oxygen atoms in total. The lowest BCUT2D eigenvalue weighted by Gasteiger charge is -2.21. The van der Waals surface area contributed by atoms with E-state index in [0.29, 0.717) is 22.7 Å². The zero-order valence-corrected chi connectivity index (χ0v) is 19.7. The first-order valence-corrected chi connectivity index (χ1v) is 11.5. The summed E-state index contributed by atoms with van der Waals surface area (Å²) in [6.07, 6.45) is 0.503. The number of furan rings is 1. The minimum absolute atomic E-state index is 0.0148. The Balaban J connectivity index is 1.54. The van der Waals surface area contributed by atoms with Crippen molar-refractivity contribution in [1.82, 2.24) is 0 Å². The van der Waals surface area contributed by atoms with Gasteiger partial charge < -0.3 is 4.42 Å². The van der Waals surface area contributed by atoms with Gasteiger partial charge in [-0.2, -0.15) is 5.10 Å². The second kappa shape index (κ2) is 8.74. The first-order chi connectivity index (χ1) is 15.5. The van der Waals surface area contributed by atoms with Crippen molar-refractivity contribution in [2.24, 2.45) is 5.10 Å². The van der Waals surface area contributed by atoms with E-state index in [1.165, 1.54) is 12.1 Å². The molecule has 7 heteroatoms. The van der Waals surface area contributed by atoms with Gasteiger partial charge in [0.2, 0.25) is 0 Å². The van der Waals surface area contributed by atoms with Crippen LogP contribution in [0.4, 0.5) is 10.1 Å². The quantitative estimate of drug-likeness (QED) is 0.248. The molecule has 0 spiro atoms. The van der Waals surface area contributed by atoms with Crippen molar-refractivity contribution in [1.29, 1.82) is 0 Å². The van der Waals surface area contributed by atoms with E-state index in [9.17, 15) is 4.39 Å². The molecule has 0 saturated heterocycles. The second-order valence-corrected chi connectivity index (χ2v) is 9.13. The van der Waals surface area contributed by atoms with E-state index in [1.54, 1.807) is 0 Å². The summed E-state index contributed by atoms with van der Waals surface area (Å²) < 4.78 is 21.4. The fraction of sp³-hybridized carbons (Fsp3) is 0.0800. The third kappa shape index (κ3) is 4.08. The number of halogens is 4. The number of hydrazone groups is 1. The van der Waals surface area contributed by atoms with Crippen LogP contribution in [0.25, 0.3) is 11.3 Å². The van der Waals surface area contributed by atoms with Gasteiger partial charge in [0.05, 0.1) is 21.4 Å².